The number of pyridine rings is 1. The Balaban J connectivity index is 1.68. The van der Waals surface area contributed by atoms with Crippen molar-refractivity contribution in [3.8, 4) is 0 Å². The summed E-state index contributed by atoms with van der Waals surface area (Å²) in [6, 6.07) is 9.08. The molecule has 9 heteroatoms. The number of nitro groups is 1. The first-order valence-electron chi connectivity index (χ1n) is 8.50. The lowest BCUT2D eigenvalue weighted by molar-refractivity contribution is -0.384. The van der Waals surface area contributed by atoms with Gasteiger partial charge in [-0.1, -0.05) is 12.1 Å². The van der Waals surface area contributed by atoms with E-state index in [2.05, 4.69) is 20.5 Å². The minimum Gasteiger partial charge on any atom is -0.384 e. The average Bonchev–Trinajstić information content (AvgIpc) is 3.36. The number of rotatable bonds is 6. The van der Waals surface area contributed by atoms with E-state index >= 15 is 0 Å². The lowest BCUT2D eigenvalue weighted by atomic mass is 10.0. The van der Waals surface area contributed by atoms with E-state index in [0.717, 1.165) is 24.1 Å². The summed E-state index contributed by atoms with van der Waals surface area (Å²) in [5.74, 6) is 0.746. The smallest absolute Gasteiger partial charge is 0.315 e. The van der Waals surface area contributed by atoms with Crippen LogP contribution in [0.15, 0.2) is 36.4 Å². The Morgan fingerprint density at radius 3 is 2.70 bits per heavy atom. The van der Waals surface area contributed by atoms with E-state index in [4.69, 9.17) is 5.73 Å². The first-order chi connectivity index (χ1) is 13.0. The van der Waals surface area contributed by atoms with Crippen LogP contribution >= 0.6 is 0 Å². The SMILES string of the molecule is Nc1cc(Cc2ccc(F)cc2)c([N+](=O)[O-])c(Nc2cc(C3CC3)[nH]n2)n1. The van der Waals surface area contributed by atoms with Crippen molar-refractivity contribution in [1.82, 2.24) is 15.2 Å². The number of H-pyrrole nitrogens is 1. The number of nitrogens with zero attached hydrogens (tertiary/aromatic N) is 3. The predicted octanol–water partition coefficient (Wildman–Crippen LogP) is 3.65. The Hall–Kier alpha value is -3.49. The van der Waals surface area contributed by atoms with E-state index in [-0.39, 0.29) is 29.6 Å². The fourth-order valence-electron chi connectivity index (χ4n) is 2.99. The Labute approximate surface area is 153 Å². The molecule has 0 bridgehead atoms. The lowest BCUT2D eigenvalue weighted by Crippen LogP contribution is -2.06. The molecule has 3 aromatic rings. The van der Waals surface area contributed by atoms with Crippen LogP contribution in [0, 0.1) is 15.9 Å². The quantitative estimate of drug-likeness (QED) is 0.451. The number of anilines is 3. The molecule has 4 N–H and O–H groups in total. The van der Waals surface area contributed by atoms with Crippen molar-refractivity contribution in [2.24, 2.45) is 0 Å². The number of nitrogens with one attached hydrogen (secondary N) is 2. The number of nitrogens with two attached hydrogens (primary N) is 1. The van der Waals surface area contributed by atoms with E-state index in [1.165, 1.54) is 18.2 Å². The molecule has 2 aromatic heterocycles. The maximum Gasteiger partial charge on any atom is 0.315 e. The third kappa shape index (κ3) is 3.71. The van der Waals surface area contributed by atoms with Crippen LogP contribution in [0.2, 0.25) is 0 Å². The van der Waals surface area contributed by atoms with Crippen molar-refractivity contribution in [2.45, 2.75) is 25.2 Å². The van der Waals surface area contributed by atoms with Gasteiger partial charge in [0.2, 0.25) is 5.82 Å². The first-order valence-corrected chi connectivity index (χ1v) is 8.50. The number of aromatic nitrogens is 3. The summed E-state index contributed by atoms with van der Waals surface area (Å²) >= 11 is 0. The van der Waals surface area contributed by atoms with Crippen LogP contribution < -0.4 is 11.1 Å². The topological polar surface area (TPSA) is 123 Å². The highest BCUT2D eigenvalue weighted by Crippen LogP contribution is 2.40. The van der Waals surface area contributed by atoms with Crippen molar-refractivity contribution in [3.05, 3.63) is 69.2 Å². The van der Waals surface area contributed by atoms with Crippen LogP contribution in [-0.2, 0) is 6.42 Å². The molecule has 0 spiro atoms. The van der Waals surface area contributed by atoms with Crippen LogP contribution in [0.25, 0.3) is 0 Å². The first kappa shape index (κ1) is 17.0. The van der Waals surface area contributed by atoms with Gasteiger partial charge in [0.1, 0.15) is 11.6 Å². The molecule has 138 valence electrons. The van der Waals surface area contributed by atoms with Gasteiger partial charge in [-0.3, -0.25) is 15.2 Å². The summed E-state index contributed by atoms with van der Waals surface area (Å²) in [5, 5.41) is 21.7. The van der Waals surface area contributed by atoms with Crippen LogP contribution in [-0.4, -0.2) is 20.1 Å². The van der Waals surface area contributed by atoms with Crippen LogP contribution in [0.1, 0.15) is 35.6 Å². The van der Waals surface area contributed by atoms with Crippen molar-refractivity contribution in [3.63, 3.8) is 0 Å². The molecule has 1 aliphatic rings. The summed E-state index contributed by atoms with van der Waals surface area (Å²) in [6.07, 6.45) is 2.45. The third-order valence-electron chi connectivity index (χ3n) is 4.44. The zero-order valence-electron chi connectivity index (χ0n) is 14.3. The fraction of sp³-hybridized carbons (Fsp3) is 0.222. The molecule has 4 rings (SSSR count). The molecule has 1 saturated carbocycles. The minimum atomic E-state index is -0.498. The number of hydrogen-bond donors (Lipinski definition) is 3. The van der Waals surface area contributed by atoms with Gasteiger partial charge >= 0.3 is 5.69 Å². The molecule has 8 nitrogen and oxygen atoms in total. The molecule has 1 aliphatic carbocycles. The Morgan fingerprint density at radius 2 is 2.04 bits per heavy atom. The zero-order chi connectivity index (χ0) is 19.0. The molecule has 0 radical (unpaired) electrons. The average molecular weight is 368 g/mol. The normalized spacial score (nSPS) is 13.5. The van der Waals surface area contributed by atoms with Crippen molar-refractivity contribution in [2.75, 3.05) is 11.1 Å². The van der Waals surface area contributed by atoms with Crippen LogP contribution in [0.5, 0.6) is 0 Å². The summed E-state index contributed by atoms with van der Waals surface area (Å²) in [6.45, 7) is 0. The highest BCUT2D eigenvalue weighted by atomic mass is 19.1. The number of nitrogen functional groups attached to an aromatic ring is 1. The standard InChI is InChI=1S/C18H17FN6O2/c19-13-5-1-10(2-6-13)7-12-8-15(20)21-18(17(12)25(26)27)22-16-9-14(23-24-16)11-3-4-11/h1-2,5-6,8-9,11H,3-4,7H2,(H4,20,21,22,23,24). The maximum absolute atomic E-state index is 13.1. The fourth-order valence-corrected chi connectivity index (χ4v) is 2.99. The van der Waals surface area contributed by atoms with Gasteiger partial charge in [-0.2, -0.15) is 5.10 Å². The molecule has 1 aromatic carbocycles. The maximum atomic E-state index is 13.1. The van der Waals surface area contributed by atoms with Crippen LogP contribution in [0.3, 0.4) is 0 Å². The summed E-state index contributed by atoms with van der Waals surface area (Å²) in [7, 11) is 0. The molecule has 1 fully saturated rings. The molecule has 2 heterocycles. The third-order valence-corrected chi connectivity index (χ3v) is 4.44. The molecule has 0 saturated heterocycles. The van der Waals surface area contributed by atoms with Gasteiger partial charge in [-0.25, -0.2) is 9.37 Å². The second-order valence-electron chi connectivity index (χ2n) is 6.57. The Bertz CT molecular complexity index is 998. The zero-order valence-corrected chi connectivity index (χ0v) is 14.3. The lowest BCUT2D eigenvalue weighted by Gasteiger charge is -2.09. The second-order valence-corrected chi connectivity index (χ2v) is 6.57. The minimum absolute atomic E-state index is 0.0333. The Kier molecular flexibility index (Phi) is 4.19. The molecule has 0 atom stereocenters. The van der Waals surface area contributed by atoms with E-state index in [1.54, 1.807) is 12.1 Å². The molecular formula is C18H17FN6O2. The summed E-state index contributed by atoms with van der Waals surface area (Å²) in [5.41, 5.74) is 7.80. The molecular weight excluding hydrogens is 351 g/mol. The summed E-state index contributed by atoms with van der Waals surface area (Å²) in [4.78, 5) is 15.3. The van der Waals surface area contributed by atoms with Crippen molar-refractivity contribution < 1.29 is 9.31 Å². The van der Waals surface area contributed by atoms with Gasteiger partial charge in [-0.15, -0.1) is 0 Å². The van der Waals surface area contributed by atoms with Crippen molar-refractivity contribution in [1.29, 1.82) is 0 Å². The van der Waals surface area contributed by atoms with Gasteiger partial charge in [0.25, 0.3) is 0 Å². The molecule has 27 heavy (non-hydrogen) atoms. The van der Waals surface area contributed by atoms with Gasteiger partial charge in [0.15, 0.2) is 5.82 Å². The number of halogens is 1. The Morgan fingerprint density at radius 1 is 1.30 bits per heavy atom. The number of aromatic amines is 1. The predicted molar refractivity (Wildman–Crippen MR) is 98.4 cm³/mol. The van der Waals surface area contributed by atoms with E-state index in [9.17, 15) is 14.5 Å². The van der Waals surface area contributed by atoms with E-state index in [1.807, 2.05) is 6.07 Å². The van der Waals surface area contributed by atoms with E-state index in [0.29, 0.717) is 17.3 Å². The highest BCUT2D eigenvalue weighted by Gasteiger charge is 2.27. The number of hydrogen-bond acceptors (Lipinski definition) is 6. The van der Waals surface area contributed by atoms with Crippen molar-refractivity contribution >= 4 is 23.1 Å². The van der Waals surface area contributed by atoms with E-state index < -0.39 is 4.92 Å². The molecule has 0 amide bonds. The summed E-state index contributed by atoms with van der Waals surface area (Å²) < 4.78 is 13.1. The van der Waals surface area contributed by atoms with Gasteiger partial charge in [0.05, 0.1) is 4.92 Å². The number of benzene rings is 1. The molecule has 0 unspecified atom stereocenters. The van der Waals surface area contributed by atoms with Gasteiger partial charge in [0, 0.05) is 29.7 Å². The highest BCUT2D eigenvalue weighted by molar-refractivity contribution is 5.69. The van der Waals surface area contributed by atoms with Crippen LogP contribution in [0.4, 0.5) is 27.5 Å². The monoisotopic (exact) mass is 368 g/mol. The van der Waals surface area contributed by atoms with Gasteiger partial charge < -0.3 is 11.1 Å². The van der Waals surface area contributed by atoms with Gasteiger partial charge in [-0.05, 0) is 36.6 Å². The molecule has 0 aliphatic heterocycles. The largest absolute Gasteiger partial charge is 0.384 e. The second kappa shape index (κ2) is 6.67.